The molecule has 1 unspecified atom stereocenters. The van der Waals surface area contributed by atoms with Gasteiger partial charge < -0.3 is 29.0 Å². The normalized spacial score (nSPS) is 20.0. The standard InChI is InChI=1S/C28H32N4O6/c1-17-6-4-10-31-18(2)23(29-27(17)31)25(34)22-24(19-7-8-20(33)21(16-19)37-3)32(28(36)26(22)35)11-5-9-30-12-14-38-15-13-30/h4,6-8,10,16,24,33-34H,5,9,11-15H2,1-3H3/b25-22+. The fourth-order valence-electron chi connectivity index (χ4n) is 5.28. The lowest BCUT2D eigenvalue weighted by Crippen LogP contribution is -2.38. The number of carbonyl (C=O) groups excluding carboxylic acids is 2. The van der Waals surface area contributed by atoms with Crippen molar-refractivity contribution in [3.8, 4) is 11.5 Å². The lowest BCUT2D eigenvalue weighted by molar-refractivity contribution is -0.140. The number of likely N-dealkylation sites (tertiary alicyclic amines) is 1. The molecule has 1 aromatic carbocycles. The van der Waals surface area contributed by atoms with Crippen molar-refractivity contribution in [2.75, 3.05) is 46.5 Å². The topological polar surface area (TPSA) is 117 Å². The molecule has 0 aliphatic carbocycles. The number of phenols is 1. The number of hydrogen-bond donors (Lipinski definition) is 2. The highest BCUT2D eigenvalue weighted by atomic mass is 16.5. The number of aromatic nitrogens is 2. The number of hydrogen-bond acceptors (Lipinski definition) is 8. The van der Waals surface area contributed by atoms with Crippen LogP contribution in [0.5, 0.6) is 11.5 Å². The van der Waals surface area contributed by atoms with Crippen LogP contribution >= 0.6 is 0 Å². The summed E-state index contributed by atoms with van der Waals surface area (Å²) >= 11 is 0. The van der Waals surface area contributed by atoms with Crippen LogP contribution < -0.4 is 4.74 Å². The molecule has 10 nitrogen and oxygen atoms in total. The number of imidazole rings is 1. The number of phenolic OH excluding ortho intramolecular Hbond substituents is 1. The lowest BCUT2D eigenvalue weighted by atomic mass is 9.96. The van der Waals surface area contributed by atoms with E-state index < -0.39 is 17.7 Å². The highest BCUT2D eigenvalue weighted by molar-refractivity contribution is 6.46. The van der Waals surface area contributed by atoms with Crippen molar-refractivity contribution >= 4 is 23.1 Å². The van der Waals surface area contributed by atoms with E-state index in [0.717, 1.165) is 25.2 Å². The molecule has 38 heavy (non-hydrogen) atoms. The van der Waals surface area contributed by atoms with Crippen LogP contribution in [0.4, 0.5) is 0 Å². The predicted molar refractivity (Wildman–Crippen MR) is 140 cm³/mol. The molecule has 2 aliphatic heterocycles. The number of pyridine rings is 1. The summed E-state index contributed by atoms with van der Waals surface area (Å²) in [5.41, 5.74) is 3.00. The van der Waals surface area contributed by atoms with Crippen LogP contribution in [0.2, 0.25) is 0 Å². The minimum atomic E-state index is -0.862. The maximum Gasteiger partial charge on any atom is 0.295 e. The second-order valence-electron chi connectivity index (χ2n) is 9.66. The Kier molecular flexibility index (Phi) is 7.09. The maximum absolute atomic E-state index is 13.4. The average molecular weight is 521 g/mol. The minimum Gasteiger partial charge on any atom is -0.505 e. The zero-order valence-corrected chi connectivity index (χ0v) is 21.8. The SMILES string of the molecule is COc1cc(C2/C(=C(\O)c3nc4c(C)cccn4c3C)C(=O)C(=O)N2CCCN2CCOCC2)ccc1O. The van der Waals surface area contributed by atoms with E-state index in [2.05, 4.69) is 9.88 Å². The number of nitrogens with zero attached hydrogens (tertiary/aromatic N) is 4. The van der Waals surface area contributed by atoms with Gasteiger partial charge in [-0.15, -0.1) is 0 Å². The zero-order chi connectivity index (χ0) is 27.0. The molecule has 0 radical (unpaired) electrons. The van der Waals surface area contributed by atoms with Crippen LogP contribution in [0.15, 0.2) is 42.1 Å². The van der Waals surface area contributed by atoms with Crippen LogP contribution in [0.1, 0.15) is 35.0 Å². The molecule has 0 saturated carbocycles. The van der Waals surface area contributed by atoms with Crippen molar-refractivity contribution in [1.29, 1.82) is 0 Å². The highest BCUT2D eigenvalue weighted by Crippen LogP contribution is 2.42. The third-order valence-electron chi connectivity index (χ3n) is 7.34. The quantitative estimate of drug-likeness (QED) is 0.278. The number of aromatic hydroxyl groups is 1. The average Bonchev–Trinajstić information content (AvgIpc) is 3.39. The minimum absolute atomic E-state index is 0.0294. The fourth-order valence-corrected chi connectivity index (χ4v) is 5.28. The molecule has 2 saturated heterocycles. The molecule has 2 N–H and O–H groups in total. The fraction of sp³-hybridized carbons (Fsp3) is 0.393. The number of morpholine rings is 1. The summed E-state index contributed by atoms with van der Waals surface area (Å²) in [7, 11) is 1.43. The van der Waals surface area contributed by atoms with Crippen LogP contribution in [-0.4, -0.2) is 87.6 Å². The van der Waals surface area contributed by atoms with Gasteiger partial charge in [-0.05, 0) is 49.6 Å². The Balaban J connectivity index is 1.58. The molecule has 200 valence electrons. The third-order valence-corrected chi connectivity index (χ3v) is 7.34. The van der Waals surface area contributed by atoms with E-state index in [1.807, 2.05) is 36.6 Å². The number of carbonyl (C=O) groups is 2. The van der Waals surface area contributed by atoms with Crippen molar-refractivity contribution < 1.29 is 29.3 Å². The second-order valence-corrected chi connectivity index (χ2v) is 9.66. The second kappa shape index (κ2) is 10.5. The van der Waals surface area contributed by atoms with Gasteiger partial charge in [-0.25, -0.2) is 4.98 Å². The van der Waals surface area contributed by atoms with Gasteiger partial charge >= 0.3 is 0 Å². The molecule has 2 aromatic heterocycles. The number of Topliss-reactive ketones (excluding diaryl/α,β-unsaturated/α-hetero) is 1. The van der Waals surface area contributed by atoms with Crippen molar-refractivity contribution in [2.24, 2.45) is 0 Å². The van der Waals surface area contributed by atoms with E-state index in [1.54, 1.807) is 12.1 Å². The Morgan fingerprint density at radius 1 is 1.16 bits per heavy atom. The predicted octanol–water partition coefficient (Wildman–Crippen LogP) is 2.81. The van der Waals surface area contributed by atoms with E-state index in [9.17, 15) is 19.8 Å². The molecular weight excluding hydrogens is 488 g/mol. The number of ketones is 1. The number of rotatable bonds is 7. The summed E-state index contributed by atoms with van der Waals surface area (Å²) in [5.74, 6) is -1.62. The third kappa shape index (κ3) is 4.50. The van der Waals surface area contributed by atoms with Gasteiger partial charge in [0.05, 0.1) is 37.6 Å². The monoisotopic (exact) mass is 520 g/mol. The van der Waals surface area contributed by atoms with Crippen LogP contribution in [0.3, 0.4) is 0 Å². The molecule has 1 atom stereocenters. The van der Waals surface area contributed by atoms with E-state index in [-0.39, 0.29) is 28.5 Å². The highest BCUT2D eigenvalue weighted by Gasteiger charge is 2.46. The number of benzene rings is 1. The first-order valence-corrected chi connectivity index (χ1v) is 12.7. The number of methoxy groups -OCH3 is 1. The molecule has 2 aliphatic rings. The Labute approximate surface area is 220 Å². The summed E-state index contributed by atoms with van der Waals surface area (Å²) in [6.07, 6.45) is 2.49. The first kappa shape index (κ1) is 25.7. The van der Waals surface area contributed by atoms with Gasteiger partial charge in [-0.1, -0.05) is 12.1 Å². The number of ether oxygens (including phenoxy) is 2. The van der Waals surface area contributed by atoms with Crippen LogP contribution in [-0.2, 0) is 14.3 Å². The molecule has 0 bridgehead atoms. The number of aryl methyl sites for hydroxylation is 2. The molecule has 0 spiro atoms. The summed E-state index contributed by atoms with van der Waals surface area (Å²) in [6, 6.07) is 7.63. The molecule has 4 heterocycles. The Morgan fingerprint density at radius 2 is 1.92 bits per heavy atom. The van der Waals surface area contributed by atoms with Crippen LogP contribution in [0.25, 0.3) is 11.4 Å². The summed E-state index contributed by atoms with van der Waals surface area (Å²) in [6.45, 7) is 7.80. The van der Waals surface area contributed by atoms with Crippen molar-refractivity contribution in [2.45, 2.75) is 26.3 Å². The van der Waals surface area contributed by atoms with Crippen molar-refractivity contribution in [3.05, 3.63) is 64.6 Å². The molecule has 1 amide bonds. The summed E-state index contributed by atoms with van der Waals surface area (Å²) in [5, 5.41) is 21.7. The van der Waals surface area contributed by atoms with E-state index in [0.29, 0.717) is 43.1 Å². The zero-order valence-electron chi connectivity index (χ0n) is 21.8. The molecular formula is C28H32N4O6. The van der Waals surface area contributed by atoms with E-state index in [4.69, 9.17) is 9.47 Å². The van der Waals surface area contributed by atoms with Crippen molar-refractivity contribution in [1.82, 2.24) is 19.2 Å². The smallest absolute Gasteiger partial charge is 0.295 e. The van der Waals surface area contributed by atoms with Gasteiger partial charge in [-0.3, -0.25) is 14.5 Å². The number of aliphatic hydroxyl groups excluding tert-OH is 1. The summed E-state index contributed by atoms with van der Waals surface area (Å²) in [4.78, 5) is 35.2. The van der Waals surface area contributed by atoms with Crippen molar-refractivity contribution in [3.63, 3.8) is 0 Å². The van der Waals surface area contributed by atoms with Gasteiger partial charge in [0.2, 0.25) is 0 Å². The Bertz CT molecular complexity index is 1420. The van der Waals surface area contributed by atoms with Gasteiger partial charge in [0.25, 0.3) is 11.7 Å². The first-order chi connectivity index (χ1) is 18.3. The maximum atomic E-state index is 13.4. The lowest BCUT2D eigenvalue weighted by Gasteiger charge is -2.29. The van der Waals surface area contributed by atoms with Gasteiger partial charge in [0.1, 0.15) is 11.3 Å². The number of amides is 1. The number of aliphatic hydroxyl groups is 1. The molecule has 5 rings (SSSR count). The molecule has 10 heteroatoms. The van der Waals surface area contributed by atoms with E-state index >= 15 is 0 Å². The Morgan fingerprint density at radius 3 is 2.63 bits per heavy atom. The number of fused-ring (bicyclic) bond motifs is 1. The first-order valence-electron chi connectivity index (χ1n) is 12.7. The van der Waals surface area contributed by atoms with Gasteiger partial charge in [0, 0.05) is 32.4 Å². The molecule has 2 fully saturated rings. The largest absolute Gasteiger partial charge is 0.505 e. The summed E-state index contributed by atoms with van der Waals surface area (Å²) < 4.78 is 12.6. The molecule has 3 aromatic rings. The van der Waals surface area contributed by atoms with Crippen LogP contribution in [0, 0.1) is 13.8 Å². The van der Waals surface area contributed by atoms with E-state index in [1.165, 1.54) is 18.1 Å². The van der Waals surface area contributed by atoms with Gasteiger partial charge in [-0.2, -0.15) is 0 Å². The Hall–Kier alpha value is -3.89. The van der Waals surface area contributed by atoms with Gasteiger partial charge in [0.15, 0.2) is 17.3 Å².